The molecule has 1 amide bonds. The fraction of sp³-hybridized carbons (Fsp3) is 0.348. The number of rotatable bonds is 2. The summed E-state index contributed by atoms with van der Waals surface area (Å²) in [5.74, 6) is -4.27. The Kier molecular flexibility index (Phi) is 5.06. The van der Waals surface area contributed by atoms with Gasteiger partial charge in [-0.05, 0) is 73.1 Å². The van der Waals surface area contributed by atoms with Crippen LogP contribution in [0.15, 0.2) is 42.2 Å². The largest absolute Gasteiger partial charge is 0.509 e. The fourth-order valence-corrected chi connectivity index (χ4v) is 4.48. The molecule has 1 spiro atoms. The van der Waals surface area contributed by atoms with Crippen molar-refractivity contribution in [2.75, 3.05) is 0 Å². The number of benzene rings is 2. The van der Waals surface area contributed by atoms with E-state index in [9.17, 15) is 31.9 Å². The van der Waals surface area contributed by atoms with Crippen molar-refractivity contribution in [3.63, 3.8) is 0 Å². The molecule has 1 saturated carbocycles. The number of alkyl halides is 3. The van der Waals surface area contributed by atoms with Crippen LogP contribution in [0.5, 0.6) is 0 Å². The van der Waals surface area contributed by atoms with E-state index in [1.54, 1.807) is 25.1 Å². The zero-order chi connectivity index (χ0) is 22.6. The predicted molar refractivity (Wildman–Crippen MR) is 105 cm³/mol. The molecule has 1 heterocycles. The van der Waals surface area contributed by atoms with Crippen molar-refractivity contribution in [3.05, 3.63) is 64.9 Å². The van der Waals surface area contributed by atoms with Crippen LogP contribution in [0.4, 0.5) is 22.0 Å². The topological polar surface area (TPSA) is 49.3 Å². The molecule has 2 aromatic rings. The van der Waals surface area contributed by atoms with Crippen molar-refractivity contribution in [1.29, 1.82) is 0 Å². The summed E-state index contributed by atoms with van der Waals surface area (Å²) in [7, 11) is 0. The molecule has 0 bridgehead atoms. The molecule has 2 N–H and O–H groups in total. The summed E-state index contributed by atoms with van der Waals surface area (Å²) in [5.41, 5.74) is 0.746. The van der Waals surface area contributed by atoms with E-state index in [2.05, 4.69) is 5.32 Å². The van der Waals surface area contributed by atoms with Crippen LogP contribution in [0.3, 0.4) is 0 Å². The van der Waals surface area contributed by atoms with Gasteiger partial charge in [0.1, 0.15) is 5.76 Å². The number of hydrogen-bond donors (Lipinski definition) is 2. The third-order valence-corrected chi connectivity index (χ3v) is 6.33. The van der Waals surface area contributed by atoms with Crippen molar-refractivity contribution < 1.29 is 31.9 Å². The van der Waals surface area contributed by atoms with Crippen LogP contribution < -0.4 is 5.32 Å². The molecule has 164 valence electrons. The van der Waals surface area contributed by atoms with Crippen molar-refractivity contribution in [3.8, 4) is 11.1 Å². The number of hydrogen-bond acceptors (Lipinski definition) is 2. The van der Waals surface area contributed by atoms with Gasteiger partial charge in [0.2, 0.25) is 0 Å². The minimum atomic E-state index is -4.30. The fourth-order valence-electron chi connectivity index (χ4n) is 4.48. The number of nitrogens with one attached hydrogen (secondary N) is 1. The van der Waals surface area contributed by atoms with Crippen molar-refractivity contribution in [2.24, 2.45) is 5.92 Å². The lowest BCUT2D eigenvalue weighted by Gasteiger charge is -2.37. The molecule has 0 saturated heterocycles. The Morgan fingerprint density at radius 2 is 1.61 bits per heavy atom. The standard InChI is InChI=1S/C23H20F5NO2/c1-12-2-3-13(14-4-5-17(24)18(25)11-14)10-16(12)19-20(30)22(29-21(19)31)8-6-15(7-9-22)23(26,27)28/h2-5,10-11,15,30H,6-9H2,1H3,(H,29,31)/t15-,22+. The molecule has 0 atom stereocenters. The molecule has 1 fully saturated rings. The second kappa shape index (κ2) is 7.35. The number of aliphatic hydroxyl groups excluding tert-OH is 1. The van der Waals surface area contributed by atoms with E-state index in [1.165, 1.54) is 6.07 Å². The van der Waals surface area contributed by atoms with Gasteiger partial charge in [-0.1, -0.05) is 18.2 Å². The minimum absolute atomic E-state index is 0.00684. The van der Waals surface area contributed by atoms with Crippen LogP contribution in [0.1, 0.15) is 36.8 Å². The SMILES string of the molecule is Cc1ccc(-c2ccc(F)c(F)c2)cc1C1=C(O)[C@]2(CC[C@H](C(F)(F)F)CC2)NC1=O. The van der Waals surface area contributed by atoms with E-state index in [1.807, 2.05) is 0 Å². The molecule has 1 aliphatic heterocycles. The lowest BCUT2D eigenvalue weighted by atomic mass is 9.75. The van der Waals surface area contributed by atoms with Gasteiger partial charge >= 0.3 is 6.18 Å². The van der Waals surface area contributed by atoms with Gasteiger partial charge in [-0.3, -0.25) is 4.79 Å². The average molecular weight is 437 g/mol. The lowest BCUT2D eigenvalue weighted by Crippen LogP contribution is -2.48. The summed E-state index contributed by atoms with van der Waals surface area (Å²) < 4.78 is 66.0. The highest BCUT2D eigenvalue weighted by molar-refractivity contribution is 6.23. The quantitative estimate of drug-likeness (QED) is 0.581. The third-order valence-electron chi connectivity index (χ3n) is 6.33. The van der Waals surface area contributed by atoms with Crippen LogP contribution >= 0.6 is 0 Å². The summed E-state index contributed by atoms with van der Waals surface area (Å²) in [6.07, 6.45) is -4.70. The van der Waals surface area contributed by atoms with Crippen molar-refractivity contribution >= 4 is 11.5 Å². The summed E-state index contributed by atoms with van der Waals surface area (Å²) >= 11 is 0. The molecule has 2 aromatic carbocycles. The highest BCUT2D eigenvalue weighted by Crippen LogP contribution is 2.47. The van der Waals surface area contributed by atoms with Gasteiger partial charge < -0.3 is 10.4 Å². The highest BCUT2D eigenvalue weighted by atomic mass is 19.4. The molecule has 31 heavy (non-hydrogen) atoms. The van der Waals surface area contributed by atoms with Gasteiger partial charge in [0.25, 0.3) is 5.91 Å². The van der Waals surface area contributed by atoms with Gasteiger partial charge in [-0.25, -0.2) is 8.78 Å². The van der Waals surface area contributed by atoms with E-state index < -0.39 is 35.2 Å². The molecular formula is C23H20F5NO2. The molecule has 1 aliphatic carbocycles. The van der Waals surface area contributed by atoms with Gasteiger partial charge in [0.15, 0.2) is 11.6 Å². The Labute approximate surface area is 175 Å². The molecule has 2 aliphatic rings. The molecular weight excluding hydrogens is 417 g/mol. The normalized spacial score (nSPS) is 24.1. The van der Waals surface area contributed by atoms with Gasteiger partial charge in [-0.15, -0.1) is 0 Å². The van der Waals surface area contributed by atoms with E-state index in [0.717, 1.165) is 12.1 Å². The Bertz CT molecular complexity index is 1080. The number of amides is 1. The number of carbonyl (C=O) groups is 1. The number of aryl methyl sites for hydroxylation is 1. The summed E-state index contributed by atoms with van der Waals surface area (Å²) in [6, 6.07) is 8.39. The second-order valence-corrected chi connectivity index (χ2v) is 8.23. The van der Waals surface area contributed by atoms with Crippen LogP contribution in [0.25, 0.3) is 16.7 Å². The Morgan fingerprint density at radius 1 is 1.00 bits per heavy atom. The highest BCUT2D eigenvalue weighted by Gasteiger charge is 2.52. The Hall–Kier alpha value is -2.90. The van der Waals surface area contributed by atoms with Crippen molar-refractivity contribution in [1.82, 2.24) is 5.32 Å². The number of carbonyl (C=O) groups excluding carboxylic acids is 1. The molecule has 3 nitrogen and oxygen atoms in total. The lowest BCUT2D eigenvalue weighted by molar-refractivity contribution is -0.184. The maximum Gasteiger partial charge on any atom is 0.391 e. The smallest absolute Gasteiger partial charge is 0.391 e. The minimum Gasteiger partial charge on any atom is -0.509 e. The number of aliphatic hydroxyl groups is 1. The van der Waals surface area contributed by atoms with Gasteiger partial charge in [0, 0.05) is 0 Å². The van der Waals surface area contributed by atoms with Crippen LogP contribution in [0.2, 0.25) is 0 Å². The van der Waals surface area contributed by atoms with Gasteiger partial charge in [-0.2, -0.15) is 13.2 Å². The maximum absolute atomic E-state index is 13.7. The Morgan fingerprint density at radius 3 is 2.23 bits per heavy atom. The summed E-state index contributed by atoms with van der Waals surface area (Å²) in [6.45, 7) is 1.73. The molecule has 0 unspecified atom stereocenters. The first-order valence-corrected chi connectivity index (χ1v) is 9.91. The molecule has 8 heteroatoms. The average Bonchev–Trinajstić information content (AvgIpc) is 2.94. The first-order valence-electron chi connectivity index (χ1n) is 9.91. The van der Waals surface area contributed by atoms with Crippen molar-refractivity contribution in [2.45, 2.75) is 44.3 Å². The van der Waals surface area contributed by atoms with Crippen LogP contribution in [-0.2, 0) is 4.79 Å². The molecule has 0 aromatic heterocycles. The molecule has 4 rings (SSSR count). The predicted octanol–water partition coefficient (Wildman–Crippen LogP) is 5.83. The Balaban J connectivity index is 1.72. The number of halogens is 5. The summed E-state index contributed by atoms with van der Waals surface area (Å²) in [5, 5.41) is 13.7. The monoisotopic (exact) mass is 437 g/mol. The summed E-state index contributed by atoms with van der Waals surface area (Å²) in [4.78, 5) is 12.8. The van der Waals surface area contributed by atoms with E-state index >= 15 is 0 Å². The molecule has 0 radical (unpaired) electrons. The second-order valence-electron chi connectivity index (χ2n) is 8.23. The first-order chi connectivity index (χ1) is 14.5. The third kappa shape index (κ3) is 3.68. The van der Waals surface area contributed by atoms with E-state index in [4.69, 9.17) is 0 Å². The van der Waals surface area contributed by atoms with Gasteiger partial charge in [0.05, 0.1) is 17.0 Å². The first kappa shape index (κ1) is 21.3. The van der Waals surface area contributed by atoms with E-state index in [-0.39, 0.29) is 37.0 Å². The zero-order valence-electron chi connectivity index (χ0n) is 16.6. The van der Waals surface area contributed by atoms with Crippen LogP contribution in [-0.4, -0.2) is 22.7 Å². The van der Waals surface area contributed by atoms with E-state index in [0.29, 0.717) is 22.3 Å². The maximum atomic E-state index is 13.7. The van der Waals surface area contributed by atoms with Crippen LogP contribution in [0, 0.1) is 24.5 Å². The zero-order valence-corrected chi connectivity index (χ0v) is 16.6.